The van der Waals surface area contributed by atoms with E-state index in [9.17, 15) is 28.6 Å². The Morgan fingerprint density at radius 2 is 1.81 bits per heavy atom. The van der Waals surface area contributed by atoms with Gasteiger partial charge in [-0.2, -0.15) is 0 Å². The quantitative estimate of drug-likeness (QED) is 0.257. The SMILES string of the molecule is CCOc1ccc(/C(O)=C2/C(=O)C(=O)N(c3ccc(F)cc3F)C2c2cccc(O)c2)cc1C(C)C. The van der Waals surface area contributed by atoms with Gasteiger partial charge < -0.3 is 14.9 Å². The summed E-state index contributed by atoms with van der Waals surface area (Å²) in [6, 6.07) is 12.0. The van der Waals surface area contributed by atoms with Crippen molar-refractivity contribution in [3.05, 3.63) is 94.6 Å². The van der Waals surface area contributed by atoms with Crippen LogP contribution in [0.3, 0.4) is 0 Å². The number of anilines is 1. The van der Waals surface area contributed by atoms with E-state index in [4.69, 9.17) is 4.74 Å². The zero-order valence-electron chi connectivity index (χ0n) is 20.0. The number of nitrogens with zero attached hydrogens (tertiary/aromatic N) is 1. The normalized spacial score (nSPS) is 17.2. The van der Waals surface area contributed by atoms with Crippen molar-refractivity contribution in [1.82, 2.24) is 0 Å². The average molecular weight is 494 g/mol. The van der Waals surface area contributed by atoms with Gasteiger partial charge in [-0.15, -0.1) is 0 Å². The van der Waals surface area contributed by atoms with Crippen LogP contribution in [0.4, 0.5) is 14.5 Å². The first kappa shape index (κ1) is 24.9. The largest absolute Gasteiger partial charge is 0.508 e. The second-order valence-electron chi connectivity index (χ2n) is 8.70. The van der Waals surface area contributed by atoms with Crippen LogP contribution < -0.4 is 9.64 Å². The summed E-state index contributed by atoms with van der Waals surface area (Å²) in [4.78, 5) is 27.3. The van der Waals surface area contributed by atoms with Crippen LogP contribution in [0.2, 0.25) is 0 Å². The number of aliphatic hydroxyl groups excluding tert-OH is 1. The third kappa shape index (κ3) is 4.42. The molecule has 0 aliphatic carbocycles. The van der Waals surface area contributed by atoms with Crippen LogP contribution >= 0.6 is 0 Å². The van der Waals surface area contributed by atoms with Crippen molar-refractivity contribution in [3.63, 3.8) is 0 Å². The molecule has 0 bridgehead atoms. The Kier molecular flexibility index (Phi) is 6.79. The Morgan fingerprint density at radius 3 is 2.44 bits per heavy atom. The number of carbonyl (C=O) groups excluding carboxylic acids is 2. The smallest absolute Gasteiger partial charge is 0.300 e. The van der Waals surface area contributed by atoms with Crippen molar-refractivity contribution in [2.75, 3.05) is 11.5 Å². The number of carbonyl (C=O) groups is 2. The number of benzene rings is 3. The lowest BCUT2D eigenvalue weighted by Gasteiger charge is -2.26. The molecule has 0 aromatic heterocycles. The van der Waals surface area contributed by atoms with Gasteiger partial charge >= 0.3 is 0 Å². The number of hydrogen-bond acceptors (Lipinski definition) is 5. The highest BCUT2D eigenvalue weighted by Crippen LogP contribution is 2.44. The average Bonchev–Trinajstić information content (AvgIpc) is 3.09. The Hall–Kier alpha value is -4.20. The lowest BCUT2D eigenvalue weighted by atomic mass is 9.93. The molecule has 1 atom stereocenters. The molecule has 0 radical (unpaired) electrons. The third-order valence-corrected chi connectivity index (χ3v) is 6.00. The van der Waals surface area contributed by atoms with Gasteiger partial charge in [0.25, 0.3) is 11.7 Å². The van der Waals surface area contributed by atoms with Crippen LogP contribution in [0.15, 0.2) is 66.2 Å². The lowest BCUT2D eigenvalue weighted by Crippen LogP contribution is -2.30. The molecular formula is C28H25F2NO5. The van der Waals surface area contributed by atoms with Gasteiger partial charge in [0.2, 0.25) is 0 Å². The minimum Gasteiger partial charge on any atom is -0.508 e. The molecule has 1 amide bonds. The molecule has 1 heterocycles. The maximum atomic E-state index is 14.8. The molecular weight excluding hydrogens is 468 g/mol. The van der Waals surface area contributed by atoms with Crippen LogP contribution in [0.1, 0.15) is 49.4 Å². The van der Waals surface area contributed by atoms with Gasteiger partial charge in [0.05, 0.1) is 23.9 Å². The molecule has 4 rings (SSSR count). The van der Waals surface area contributed by atoms with Gasteiger partial charge in [-0.3, -0.25) is 14.5 Å². The Balaban J connectivity index is 1.96. The minimum absolute atomic E-state index is 0.0249. The first-order chi connectivity index (χ1) is 17.1. The van der Waals surface area contributed by atoms with Gasteiger partial charge in [0.15, 0.2) is 0 Å². The minimum atomic E-state index is -1.27. The summed E-state index contributed by atoms with van der Waals surface area (Å²) in [5.41, 5.74) is 0.696. The van der Waals surface area contributed by atoms with E-state index >= 15 is 0 Å². The van der Waals surface area contributed by atoms with Crippen molar-refractivity contribution in [2.45, 2.75) is 32.7 Å². The van der Waals surface area contributed by atoms with Crippen molar-refractivity contribution in [3.8, 4) is 11.5 Å². The molecule has 8 heteroatoms. The second kappa shape index (κ2) is 9.81. The van der Waals surface area contributed by atoms with Crippen LogP contribution in [-0.4, -0.2) is 28.5 Å². The fourth-order valence-corrected chi connectivity index (χ4v) is 4.36. The predicted molar refractivity (Wildman–Crippen MR) is 131 cm³/mol. The fraction of sp³-hybridized carbons (Fsp3) is 0.214. The van der Waals surface area contributed by atoms with Crippen molar-refractivity contribution < 1.29 is 33.3 Å². The number of ketones is 1. The fourth-order valence-electron chi connectivity index (χ4n) is 4.36. The topological polar surface area (TPSA) is 87.1 Å². The molecule has 1 fully saturated rings. The molecule has 3 aromatic carbocycles. The molecule has 1 unspecified atom stereocenters. The number of ether oxygens (including phenoxy) is 1. The van der Waals surface area contributed by atoms with E-state index in [0.717, 1.165) is 22.6 Å². The predicted octanol–water partition coefficient (Wildman–Crippen LogP) is 5.82. The second-order valence-corrected chi connectivity index (χ2v) is 8.70. The monoisotopic (exact) mass is 493 g/mol. The molecule has 6 nitrogen and oxygen atoms in total. The zero-order valence-corrected chi connectivity index (χ0v) is 20.0. The summed E-state index contributed by atoms with van der Waals surface area (Å²) in [5, 5.41) is 21.4. The standard InChI is InChI=1S/C28H25F2NO5/c1-4-36-23-11-8-17(13-20(23)15(2)3)26(33)24-25(16-6-5-7-19(32)12-16)31(28(35)27(24)34)22-10-9-18(29)14-21(22)30/h5-15,25,32-33H,4H2,1-3H3/b26-24-. The Morgan fingerprint density at radius 1 is 1.06 bits per heavy atom. The molecule has 0 spiro atoms. The highest BCUT2D eigenvalue weighted by molar-refractivity contribution is 6.51. The van der Waals surface area contributed by atoms with Crippen molar-refractivity contribution in [2.24, 2.45) is 0 Å². The third-order valence-electron chi connectivity index (χ3n) is 6.00. The molecule has 1 saturated heterocycles. The molecule has 186 valence electrons. The lowest BCUT2D eigenvalue weighted by molar-refractivity contribution is -0.132. The number of aromatic hydroxyl groups is 1. The van der Waals surface area contributed by atoms with Gasteiger partial charge in [-0.1, -0.05) is 26.0 Å². The maximum Gasteiger partial charge on any atom is 0.300 e. The molecule has 2 N–H and O–H groups in total. The van der Waals surface area contributed by atoms with Crippen molar-refractivity contribution in [1.29, 1.82) is 0 Å². The van der Waals surface area contributed by atoms with Crippen molar-refractivity contribution >= 4 is 23.1 Å². The van der Waals surface area contributed by atoms with E-state index < -0.39 is 35.1 Å². The molecule has 36 heavy (non-hydrogen) atoms. The van der Waals surface area contributed by atoms with Gasteiger partial charge in [-0.05, 0) is 66.4 Å². The summed E-state index contributed by atoms with van der Waals surface area (Å²) in [6.07, 6.45) is 0. The molecule has 0 saturated carbocycles. The van der Waals surface area contributed by atoms with Gasteiger partial charge in [0.1, 0.15) is 28.9 Å². The number of hydrogen-bond donors (Lipinski definition) is 2. The highest BCUT2D eigenvalue weighted by Gasteiger charge is 2.48. The number of aliphatic hydroxyl groups is 1. The Labute approximate surface area is 207 Å². The van der Waals surface area contributed by atoms with E-state index in [0.29, 0.717) is 18.4 Å². The first-order valence-corrected chi connectivity index (χ1v) is 11.5. The summed E-state index contributed by atoms with van der Waals surface area (Å²) in [5.74, 6) is -3.99. The van der Waals surface area contributed by atoms with E-state index in [-0.39, 0.29) is 34.1 Å². The van der Waals surface area contributed by atoms with E-state index in [1.54, 1.807) is 18.2 Å². The number of phenolic OH excluding ortho intramolecular Hbond substituents is 1. The van der Waals surface area contributed by atoms with Crippen LogP contribution in [0.25, 0.3) is 5.76 Å². The molecule has 1 aliphatic heterocycles. The van der Waals surface area contributed by atoms with Gasteiger partial charge in [0, 0.05) is 11.6 Å². The van der Waals surface area contributed by atoms with E-state index in [2.05, 4.69) is 0 Å². The molecule has 1 aliphatic rings. The summed E-state index contributed by atoms with van der Waals surface area (Å²) in [7, 11) is 0. The highest BCUT2D eigenvalue weighted by atomic mass is 19.1. The number of rotatable bonds is 6. The summed E-state index contributed by atoms with van der Waals surface area (Å²) in [6.45, 7) is 6.19. The van der Waals surface area contributed by atoms with Crippen LogP contribution in [-0.2, 0) is 9.59 Å². The number of phenols is 1. The summed E-state index contributed by atoms with van der Waals surface area (Å²) < 4.78 is 34.1. The first-order valence-electron chi connectivity index (χ1n) is 11.5. The Bertz CT molecular complexity index is 1380. The van der Waals surface area contributed by atoms with E-state index in [1.165, 1.54) is 24.3 Å². The van der Waals surface area contributed by atoms with Crippen LogP contribution in [0, 0.1) is 11.6 Å². The zero-order chi connectivity index (χ0) is 26.1. The number of amides is 1. The van der Waals surface area contributed by atoms with E-state index in [1.807, 2.05) is 20.8 Å². The van der Waals surface area contributed by atoms with Crippen LogP contribution in [0.5, 0.6) is 11.5 Å². The van der Waals surface area contributed by atoms with Gasteiger partial charge in [-0.25, -0.2) is 8.78 Å². The number of Topliss-reactive ketones (excluding diaryl/α,β-unsaturated/α-hetero) is 1. The summed E-state index contributed by atoms with van der Waals surface area (Å²) >= 11 is 0. The molecule has 3 aromatic rings. The number of halogens is 2. The maximum absolute atomic E-state index is 14.8.